The summed E-state index contributed by atoms with van der Waals surface area (Å²) < 4.78 is 0. The Balaban J connectivity index is 2.79. The summed E-state index contributed by atoms with van der Waals surface area (Å²) in [5.74, 6) is -0.392. The van der Waals surface area contributed by atoms with E-state index in [0.717, 1.165) is 0 Å². The molecular formula is C10H13Cl2N3O2S. The highest BCUT2D eigenvalue weighted by atomic mass is 35.5. The second-order valence-corrected chi connectivity index (χ2v) is 5.41. The fourth-order valence-corrected chi connectivity index (χ4v) is 2.28. The largest absolute Gasteiger partial charge is 0.395 e. The van der Waals surface area contributed by atoms with Crippen LogP contribution in [0.4, 0.5) is 0 Å². The van der Waals surface area contributed by atoms with Crippen LogP contribution in [0.5, 0.6) is 0 Å². The summed E-state index contributed by atoms with van der Waals surface area (Å²) in [6.45, 7) is 1.78. The van der Waals surface area contributed by atoms with Crippen LogP contribution in [0.1, 0.15) is 17.3 Å². The molecule has 0 radical (unpaired) electrons. The van der Waals surface area contributed by atoms with Gasteiger partial charge in [-0.1, -0.05) is 23.2 Å². The van der Waals surface area contributed by atoms with E-state index in [4.69, 9.17) is 28.3 Å². The number of halogens is 2. The number of aliphatic hydroxyl groups is 1. The number of carbonyl (C=O) groups is 1. The lowest BCUT2D eigenvalue weighted by molar-refractivity contribution is 0.0935. The average Bonchev–Trinajstić information content (AvgIpc) is 2.33. The normalized spacial score (nSPS) is 14.1. The van der Waals surface area contributed by atoms with Gasteiger partial charge in [0.1, 0.15) is 0 Å². The van der Waals surface area contributed by atoms with E-state index in [0.29, 0.717) is 0 Å². The topological polar surface area (TPSA) is 75.1 Å². The van der Waals surface area contributed by atoms with Gasteiger partial charge in [-0.3, -0.25) is 4.79 Å². The van der Waals surface area contributed by atoms with Crippen molar-refractivity contribution in [3.63, 3.8) is 0 Å². The van der Waals surface area contributed by atoms with Gasteiger partial charge in [0, 0.05) is 11.3 Å². The van der Waals surface area contributed by atoms with E-state index in [2.05, 4.69) is 15.5 Å². The highest BCUT2D eigenvalue weighted by Gasteiger charge is 2.20. The molecule has 0 saturated heterocycles. The Labute approximate surface area is 119 Å². The van der Waals surface area contributed by atoms with Gasteiger partial charge >= 0.3 is 0 Å². The highest BCUT2D eigenvalue weighted by Crippen LogP contribution is 2.16. The predicted octanol–water partition coefficient (Wildman–Crippen LogP) is 1.63. The Morgan fingerprint density at radius 3 is 2.78 bits per heavy atom. The van der Waals surface area contributed by atoms with Crippen LogP contribution in [0.2, 0.25) is 10.3 Å². The number of carbonyl (C=O) groups excluding carboxylic acids is 1. The first-order valence-corrected chi connectivity index (χ1v) is 7.17. The van der Waals surface area contributed by atoms with Crippen molar-refractivity contribution in [1.82, 2.24) is 15.5 Å². The molecule has 1 aromatic heterocycles. The number of aromatic nitrogens is 2. The van der Waals surface area contributed by atoms with Crippen molar-refractivity contribution in [2.24, 2.45) is 0 Å². The van der Waals surface area contributed by atoms with Gasteiger partial charge in [0.05, 0.1) is 12.2 Å². The van der Waals surface area contributed by atoms with E-state index in [1.807, 2.05) is 6.26 Å². The van der Waals surface area contributed by atoms with E-state index in [1.54, 1.807) is 6.92 Å². The standard InChI is InChI=1S/C10H13Cl2N3O2S/c1-5(7(4-16)18-2)13-10(17)6-3-8(11)14-15-9(6)12/h3,5,7,16H,4H2,1-2H3,(H,13,17). The maximum Gasteiger partial charge on any atom is 0.254 e. The molecule has 0 spiro atoms. The van der Waals surface area contributed by atoms with Gasteiger partial charge in [0.15, 0.2) is 10.3 Å². The van der Waals surface area contributed by atoms with Gasteiger partial charge in [-0.15, -0.1) is 10.2 Å². The molecule has 5 nitrogen and oxygen atoms in total. The van der Waals surface area contributed by atoms with Crippen LogP contribution < -0.4 is 5.32 Å². The van der Waals surface area contributed by atoms with Crippen LogP contribution in [0, 0.1) is 0 Å². The SMILES string of the molecule is CSC(CO)C(C)NC(=O)c1cc(Cl)nnc1Cl. The van der Waals surface area contributed by atoms with Crippen LogP contribution >= 0.6 is 35.0 Å². The van der Waals surface area contributed by atoms with E-state index in [1.165, 1.54) is 17.8 Å². The molecule has 1 heterocycles. The van der Waals surface area contributed by atoms with Crippen molar-refractivity contribution in [1.29, 1.82) is 0 Å². The summed E-state index contributed by atoms with van der Waals surface area (Å²) in [6, 6.07) is 1.15. The number of amides is 1. The molecule has 1 rings (SSSR count). The summed E-state index contributed by atoms with van der Waals surface area (Å²) in [6.07, 6.45) is 1.86. The van der Waals surface area contributed by atoms with Crippen LogP contribution in [0.3, 0.4) is 0 Å². The number of thioether (sulfide) groups is 1. The van der Waals surface area contributed by atoms with E-state index in [9.17, 15) is 4.79 Å². The number of nitrogens with zero attached hydrogens (tertiary/aromatic N) is 2. The number of hydrogen-bond donors (Lipinski definition) is 2. The van der Waals surface area contributed by atoms with E-state index >= 15 is 0 Å². The van der Waals surface area contributed by atoms with E-state index < -0.39 is 5.91 Å². The number of aliphatic hydroxyl groups excluding tert-OH is 1. The Morgan fingerprint density at radius 2 is 2.22 bits per heavy atom. The van der Waals surface area contributed by atoms with Gasteiger partial charge in [-0.05, 0) is 19.2 Å². The van der Waals surface area contributed by atoms with Gasteiger partial charge in [0.25, 0.3) is 5.91 Å². The van der Waals surface area contributed by atoms with Crippen LogP contribution in [0.25, 0.3) is 0 Å². The number of rotatable bonds is 5. The minimum absolute atomic E-state index is 0.00574. The second kappa shape index (κ2) is 7.13. The Morgan fingerprint density at radius 1 is 1.56 bits per heavy atom. The van der Waals surface area contributed by atoms with Crippen LogP contribution in [0.15, 0.2) is 6.07 Å². The smallest absolute Gasteiger partial charge is 0.254 e. The molecule has 2 N–H and O–H groups in total. The minimum Gasteiger partial charge on any atom is -0.395 e. The van der Waals surface area contributed by atoms with Crippen molar-refractivity contribution in [3.8, 4) is 0 Å². The zero-order valence-corrected chi connectivity index (χ0v) is 12.2. The third kappa shape index (κ3) is 3.98. The molecule has 0 aliphatic rings. The first-order chi connectivity index (χ1) is 8.49. The molecule has 18 heavy (non-hydrogen) atoms. The summed E-state index contributed by atoms with van der Waals surface area (Å²) in [5.41, 5.74) is 0.168. The molecule has 2 atom stereocenters. The van der Waals surface area contributed by atoms with E-state index in [-0.39, 0.29) is 33.8 Å². The molecule has 0 saturated carbocycles. The number of hydrogen-bond acceptors (Lipinski definition) is 5. The first kappa shape index (κ1) is 15.5. The van der Waals surface area contributed by atoms with Crippen LogP contribution in [-0.2, 0) is 0 Å². The monoisotopic (exact) mass is 309 g/mol. The molecule has 0 aliphatic carbocycles. The van der Waals surface area contributed by atoms with Gasteiger partial charge in [-0.2, -0.15) is 11.8 Å². The number of nitrogens with one attached hydrogen (secondary N) is 1. The van der Waals surface area contributed by atoms with Crippen molar-refractivity contribution in [2.75, 3.05) is 12.9 Å². The zero-order valence-electron chi connectivity index (χ0n) is 9.85. The lowest BCUT2D eigenvalue weighted by Gasteiger charge is -2.21. The second-order valence-electron chi connectivity index (χ2n) is 3.59. The Kier molecular flexibility index (Phi) is 6.14. The summed E-state index contributed by atoms with van der Waals surface area (Å²) in [4.78, 5) is 12.0. The average molecular weight is 310 g/mol. The molecule has 0 aromatic carbocycles. The van der Waals surface area contributed by atoms with Gasteiger partial charge < -0.3 is 10.4 Å². The third-order valence-electron chi connectivity index (χ3n) is 2.36. The third-order valence-corrected chi connectivity index (χ3v) is 3.99. The molecule has 100 valence electrons. The predicted molar refractivity (Wildman–Crippen MR) is 73.4 cm³/mol. The fraction of sp³-hybridized carbons (Fsp3) is 0.500. The zero-order chi connectivity index (χ0) is 13.7. The fourth-order valence-electron chi connectivity index (χ4n) is 1.33. The molecule has 1 aromatic rings. The van der Waals surface area contributed by atoms with Gasteiger partial charge in [0.2, 0.25) is 0 Å². The summed E-state index contributed by atoms with van der Waals surface area (Å²) >= 11 is 12.9. The molecule has 1 amide bonds. The lowest BCUT2D eigenvalue weighted by Crippen LogP contribution is -2.41. The Hall–Kier alpha value is -0.560. The molecule has 0 aliphatic heterocycles. The summed E-state index contributed by atoms with van der Waals surface area (Å²) in [7, 11) is 0. The Bertz CT molecular complexity index is 430. The van der Waals surface area contributed by atoms with Crippen molar-refractivity contribution >= 4 is 40.9 Å². The highest BCUT2D eigenvalue weighted by molar-refractivity contribution is 7.99. The molecule has 2 unspecified atom stereocenters. The maximum atomic E-state index is 12.0. The lowest BCUT2D eigenvalue weighted by atomic mass is 10.2. The first-order valence-electron chi connectivity index (χ1n) is 5.12. The summed E-state index contributed by atoms with van der Waals surface area (Å²) in [5, 5.41) is 19.0. The van der Waals surface area contributed by atoms with Crippen molar-refractivity contribution in [3.05, 3.63) is 21.9 Å². The molecule has 0 fully saturated rings. The minimum atomic E-state index is -0.392. The van der Waals surface area contributed by atoms with Crippen molar-refractivity contribution in [2.45, 2.75) is 18.2 Å². The quantitative estimate of drug-likeness (QED) is 0.864. The molecular weight excluding hydrogens is 297 g/mol. The molecule has 0 bridgehead atoms. The van der Waals surface area contributed by atoms with Crippen LogP contribution in [-0.4, -0.2) is 45.4 Å². The van der Waals surface area contributed by atoms with Crippen molar-refractivity contribution < 1.29 is 9.90 Å². The maximum absolute atomic E-state index is 12.0. The molecule has 8 heteroatoms. The van der Waals surface area contributed by atoms with Gasteiger partial charge in [-0.25, -0.2) is 0 Å².